The van der Waals surface area contributed by atoms with Crippen LogP contribution in [0, 0.1) is 17.8 Å². The minimum absolute atomic E-state index is 0.148. The smallest absolute Gasteiger partial charge is 0.142 e. The standard InChI is InChI=1S/C29H50O3S/c1-22-13-15-25(26(17-18-28(31)21-33)11-7-19-29(2,3)32)10-5-4-9-24(22)16-14-23-8-6-12-27(30)20-23/h14,16,22,25-27,30,32-33H,4-13,15,17-21H2,1-3H3/b23-14-,24-16+/t22?,25?,26-,27-/m0/s1. The number of aliphatic hydroxyl groups is 2. The van der Waals surface area contributed by atoms with Crippen LogP contribution in [0.2, 0.25) is 0 Å². The fourth-order valence-corrected chi connectivity index (χ4v) is 5.94. The summed E-state index contributed by atoms with van der Waals surface area (Å²) in [5, 5.41) is 20.1. The summed E-state index contributed by atoms with van der Waals surface area (Å²) in [4.78, 5) is 12.0. The molecule has 2 aliphatic carbocycles. The number of allylic oxidation sites excluding steroid dienone is 3. The van der Waals surface area contributed by atoms with Crippen molar-refractivity contribution in [3.63, 3.8) is 0 Å². The monoisotopic (exact) mass is 478 g/mol. The zero-order valence-electron chi connectivity index (χ0n) is 21.5. The summed E-state index contributed by atoms with van der Waals surface area (Å²) < 4.78 is 0. The van der Waals surface area contributed by atoms with Gasteiger partial charge in [-0.05, 0) is 95.8 Å². The van der Waals surface area contributed by atoms with Crippen LogP contribution in [-0.4, -0.2) is 33.5 Å². The Morgan fingerprint density at radius 2 is 1.88 bits per heavy atom. The fourth-order valence-electron chi connectivity index (χ4n) is 5.78. The van der Waals surface area contributed by atoms with E-state index in [4.69, 9.17) is 0 Å². The summed E-state index contributed by atoms with van der Waals surface area (Å²) in [7, 11) is 0. The van der Waals surface area contributed by atoms with Crippen molar-refractivity contribution < 1.29 is 15.0 Å². The lowest BCUT2D eigenvalue weighted by Gasteiger charge is -2.29. The molecule has 2 N–H and O–H groups in total. The highest BCUT2D eigenvalue weighted by molar-refractivity contribution is 7.81. The molecule has 2 saturated carbocycles. The van der Waals surface area contributed by atoms with Crippen LogP contribution in [0.5, 0.6) is 0 Å². The molecule has 0 radical (unpaired) electrons. The van der Waals surface area contributed by atoms with Crippen LogP contribution in [-0.2, 0) is 4.79 Å². The lowest BCUT2D eigenvalue weighted by molar-refractivity contribution is -0.117. The van der Waals surface area contributed by atoms with E-state index in [1.807, 2.05) is 13.8 Å². The second kappa shape index (κ2) is 14.7. The van der Waals surface area contributed by atoms with Gasteiger partial charge in [0.1, 0.15) is 5.78 Å². The second-order valence-corrected chi connectivity index (χ2v) is 11.8. The maximum absolute atomic E-state index is 12.0. The first-order valence-electron chi connectivity index (χ1n) is 13.6. The predicted octanol–water partition coefficient (Wildman–Crippen LogP) is 7.22. The van der Waals surface area contributed by atoms with Gasteiger partial charge in [-0.2, -0.15) is 12.6 Å². The van der Waals surface area contributed by atoms with Crippen molar-refractivity contribution in [3.05, 3.63) is 23.3 Å². The number of hydrogen-bond acceptors (Lipinski definition) is 4. The minimum atomic E-state index is -0.610. The van der Waals surface area contributed by atoms with Gasteiger partial charge in [0.05, 0.1) is 11.7 Å². The summed E-state index contributed by atoms with van der Waals surface area (Å²) in [5.74, 6) is 2.44. The molecule has 0 aromatic heterocycles. The van der Waals surface area contributed by atoms with Crippen molar-refractivity contribution in [1.29, 1.82) is 0 Å². The average molecular weight is 479 g/mol. The van der Waals surface area contributed by atoms with E-state index in [1.54, 1.807) is 5.57 Å². The zero-order chi connectivity index (χ0) is 24.3. The van der Waals surface area contributed by atoms with Crippen LogP contribution in [0.25, 0.3) is 0 Å². The molecule has 190 valence electrons. The number of ketones is 1. The molecule has 4 atom stereocenters. The normalized spacial score (nSPS) is 28.8. The van der Waals surface area contributed by atoms with Crippen LogP contribution in [0.4, 0.5) is 0 Å². The van der Waals surface area contributed by atoms with Gasteiger partial charge in [0.25, 0.3) is 0 Å². The average Bonchev–Trinajstić information content (AvgIpc) is 2.84. The van der Waals surface area contributed by atoms with Crippen LogP contribution >= 0.6 is 12.6 Å². The van der Waals surface area contributed by atoms with Gasteiger partial charge in [-0.1, -0.05) is 55.9 Å². The number of aliphatic hydroxyl groups excluding tert-OH is 1. The Kier molecular flexibility index (Phi) is 12.8. The van der Waals surface area contributed by atoms with Gasteiger partial charge in [-0.3, -0.25) is 4.79 Å². The van der Waals surface area contributed by atoms with Gasteiger partial charge in [-0.15, -0.1) is 0 Å². The molecule has 0 saturated heterocycles. The molecule has 2 rings (SSSR count). The molecular weight excluding hydrogens is 428 g/mol. The van der Waals surface area contributed by atoms with Crippen molar-refractivity contribution in [2.45, 2.75) is 129 Å². The quantitative estimate of drug-likeness (QED) is 0.291. The molecule has 2 fully saturated rings. The first kappa shape index (κ1) is 28.7. The first-order valence-corrected chi connectivity index (χ1v) is 14.2. The maximum Gasteiger partial charge on any atom is 0.142 e. The molecule has 0 spiro atoms. The Hall–Kier alpha value is -0.580. The van der Waals surface area contributed by atoms with Crippen molar-refractivity contribution in [2.75, 3.05) is 5.75 Å². The molecule has 0 heterocycles. The predicted molar refractivity (Wildman–Crippen MR) is 143 cm³/mol. The molecule has 0 aromatic rings. The largest absolute Gasteiger partial charge is 0.393 e. The highest BCUT2D eigenvalue weighted by Crippen LogP contribution is 2.37. The SMILES string of the molecule is CC1CCC([C@@H](CCCC(C)(C)O)CCC(=O)CS)CCCC/C1=C\C=C1\CCC[C@H](O)C1. The summed E-state index contributed by atoms with van der Waals surface area (Å²) >= 11 is 4.18. The van der Waals surface area contributed by atoms with E-state index in [1.165, 1.54) is 44.1 Å². The summed E-state index contributed by atoms with van der Waals surface area (Å²) in [6.07, 6.45) is 20.5. The second-order valence-electron chi connectivity index (χ2n) is 11.5. The van der Waals surface area contributed by atoms with Crippen LogP contribution in [0.3, 0.4) is 0 Å². The number of hydrogen-bond donors (Lipinski definition) is 3. The molecule has 0 aliphatic heterocycles. The van der Waals surface area contributed by atoms with Crippen molar-refractivity contribution in [1.82, 2.24) is 0 Å². The van der Waals surface area contributed by atoms with Gasteiger partial charge in [0.15, 0.2) is 0 Å². The summed E-state index contributed by atoms with van der Waals surface area (Å²) in [6, 6.07) is 0. The molecule has 3 nitrogen and oxygen atoms in total. The van der Waals surface area contributed by atoms with Gasteiger partial charge in [0.2, 0.25) is 0 Å². The lowest BCUT2D eigenvalue weighted by Crippen LogP contribution is -2.21. The van der Waals surface area contributed by atoms with Crippen LogP contribution in [0.15, 0.2) is 23.3 Å². The molecule has 0 aromatic carbocycles. The Bertz CT molecular complexity index is 646. The number of thiol groups is 1. The highest BCUT2D eigenvalue weighted by atomic mass is 32.1. The summed E-state index contributed by atoms with van der Waals surface area (Å²) in [5.41, 5.74) is 2.38. The van der Waals surface area contributed by atoms with E-state index < -0.39 is 5.60 Å². The molecule has 0 bridgehead atoms. The van der Waals surface area contributed by atoms with E-state index in [0.29, 0.717) is 29.9 Å². The lowest BCUT2D eigenvalue weighted by atomic mass is 9.77. The third kappa shape index (κ3) is 11.6. The van der Waals surface area contributed by atoms with E-state index >= 15 is 0 Å². The van der Waals surface area contributed by atoms with Gasteiger partial charge in [0, 0.05) is 12.2 Å². The van der Waals surface area contributed by atoms with Crippen LogP contribution in [0.1, 0.15) is 117 Å². The van der Waals surface area contributed by atoms with E-state index in [9.17, 15) is 15.0 Å². The molecular formula is C29H50O3S. The Labute approximate surface area is 208 Å². The first-order chi connectivity index (χ1) is 15.7. The van der Waals surface area contributed by atoms with Gasteiger partial charge < -0.3 is 10.2 Å². The third-order valence-corrected chi connectivity index (χ3v) is 8.31. The maximum atomic E-state index is 12.0. The molecule has 4 heteroatoms. The molecule has 0 amide bonds. The van der Waals surface area contributed by atoms with E-state index in [2.05, 4.69) is 31.7 Å². The third-order valence-electron chi connectivity index (χ3n) is 7.96. The van der Waals surface area contributed by atoms with E-state index in [0.717, 1.165) is 51.4 Å². The number of carbonyl (C=O) groups excluding carboxylic acids is 1. The van der Waals surface area contributed by atoms with Gasteiger partial charge in [-0.25, -0.2) is 0 Å². The number of carbonyl (C=O) groups is 1. The zero-order valence-corrected chi connectivity index (χ0v) is 22.4. The highest BCUT2D eigenvalue weighted by Gasteiger charge is 2.25. The van der Waals surface area contributed by atoms with Crippen LogP contribution < -0.4 is 0 Å². The molecule has 33 heavy (non-hydrogen) atoms. The van der Waals surface area contributed by atoms with Crippen molar-refractivity contribution in [3.8, 4) is 0 Å². The Morgan fingerprint density at radius 3 is 2.58 bits per heavy atom. The molecule has 2 unspecified atom stereocenters. The Morgan fingerprint density at radius 1 is 1.09 bits per heavy atom. The molecule has 2 aliphatic rings. The fraction of sp³-hybridized carbons (Fsp3) is 0.828. The number of Topliss-reactive ketones (excluding diaryl/α,β-unsaturated/α-hetero) is 1. The van der Waals surface area contributed by atoms with Crippen molar-refractivity contribution in [2.24, 2.45) is 17.8 Å². The van der Waals surface area contributed by atoms with E-state index in [-0.39, 0.29) is 11.9 Å². The Balaban J connectivity index is 2.01. The van der Waals surface area contributed by atoms with Crippen molar-refractivity contribution >= 4 is 18.4 Å². The minimum Gasteiger partial charge on any atom is -0.393 e. The topological polar surface area (TPSA) is 57.5 Å². The van der Waals surface area contributed by atoms with Gasteiger partial charge >= 0.3 is 0 Å². The number of rotatable bonds is 10. The summed E-state index contributed by atoms with van der Waals surface area (Å²) in [6.45, 7) is 6.17.